The summed E-state index contributed by atoms with van der Waals surface area (Å²) in [7, 11) is 1.64. The van der Waals surface area contributed by atoms with Gasteiger partial charge in [-0.2, -0.15) is 0 Å². The van der Waals surface area contributed by atoms with Crippen molar-refractivity contribution in [3.63, 3.8) is 0 Å². The lowest BCUT2D eigenvalue weighted by molar-refractivity contribution is 0.0951. The number of ether oxygens (including phenoxy) is 2. The van der Waals surface area contributed by atoms with Crippen LogP contribution in [0, 0.1) is 0 Å². The topological polar surface area (TPSA) is 50.8 Å². The summed E-state index contributed by atoms with van der Waals surface area (Å²) in [6.45, 7) is 3.79. The van der Waals surface area contributed by atoms with Gasteiger partial charge < -0.3 is 19.7 Å². The maximum Gasteiger partial charge on any atom is 0.251 e. The molecule has 0 aromatic heterocycles. The fourth-order valence-corrected chi connectivity index (χ4v) is 2.67. The minimum atomic E-state index is -0.0701. The summed E-state index contributed by atoms with van der Waals surface area (Å²) in [5.74, 6) is 0.739. The summed E-state index contributed by atoms with van der Waals surface area (Å²) in [6, 6.07) is 15.4. The van der Waals surface area contributed by atoms with Gasteiger partial charge in [-0.05, 0) is 42.0 Å². The van der Waals surface area contributed by atoms with Gasteiger partial charge in [0.2, 0.25) is 0 Å². The predicted molar refractivity (Wildman–Crippen MR) is 93.6 cm³/mol. The van der Waals surface area contributed by atoms with Crippen molar-refractivity contribution in [3.8, 4) is 5.75 Å². The summed E-state index contributed by atoms with van der Waals surface area (Å²) < 4.78 is 10.5. The second kappa shape index (κ2) is 7.84. The van der Waals surface area contributed by atoms with Crippen LogP contribution in [0.15, 0.2) is 48.5 Å². The van der Waals surface area contributed by atoms with Gasteiger partial charge in [0, 0.05) is 30.9 Å². The molecule has 5 heteroatoms. The number of carbonyl (C=O) groups is 1. The molecule has 1 N–H and O–H groups in total. The molecule has 0 atom stereocenters. The second-order valence-corrected chi connectivity index (χ2v) is 5.68. The Hall–Kier alpha value is -2.53. The quantitative estimate of drug-likeness (QED) is 0.917. The number of nitrogens with zero attached hydrogens (tertiary/aromatic N) is 1. The van der Waals surface area contributed by atoms with E-state index in [1.54, 1.807) is 7.11 Å². The molecule has 1 aliphatic rings. The third-order valence-electron chi connectivity index (χ3n) is 4.12. The van der Waals surface area contributed by atoms with Gasteiger partial charge in [-0.15, -0.1) is 0 Å². The first kappa shape index (κ1) is 16.3. The number of methoxy groups -OCH3 is 1. The first-order chi connectivity index (χ1) is 11.8. The minimum absolute atomic E-state index is 0.0701. The molecule has 0 bridgehead atoms. The van der Waals surface area contributed by atoms with Crippen LogP contribution < -0.4 is 15.0 Å². The molecule has 0 unspecified atom stereocenters. The predicted octanol–water partition coefficient (Wildman–Crippen LogP) is 2.46. The Morgan fingerprint density at radius 2 is 1.75 bits per heavy atom. The van der Waals surface area contributed by atoms with Crippen LogP contribution in [0.4, 0.5) is 5.69 Å². The van der Waals surface area contributed by atoms with Gasteiger partial charge in [-0.1, -0.05) is 12.1 Å². The molecular weight excluding hydrogens is 304 g/mol. The molecule has 0 spiro atoms. The molecule has 0 radical (unpaired) electrons. The van der Waals surface area contributed by atoms with Crippen molar-refractivity contribution in [2.45, 2.75) is 6.54 Å². The Morgan fingerprint density at radius 1 is 1.08 bits per heavy atom. The van der Waals surface area contributed by atoms with Crippen LogP contribution in [0.3, 0.4) is 0 Å². The number of morpholine rings is 1. The van der Waals surface area contributed by atoms with Crippen LogP contribution in [0.5, 0.6) is 5.75 Å². The smallest absolute Gasteiger partial charge is 0.251 e. The van der Waals surface area contributed by atoms with Crippen molar-refractivity contribution in [1.82, 2.24) is 5.32 Å². The highest BCUT2D eigenvalue weighted by Crippen LogP contribution is 2.17. The zero-order valence-corrected chi connectivity index (χ0v) is 13.8. The Bertz CT molecular complexity index is 662. The summed E-state index contributed by atoms with van der Waals surface area (Å²) in [5, 5.41) is 2.94. The molecule has 5 nitrogen and oxygen atoms in total. The third kappa shape index (κ3) is 4.06. The van der Waals surface area contributed by atoms with Crippen molar-refractivity contribution >= 4 is 11.6 Å². The van der Waals surface area contributed by atoms with E-state index >= 15 is 0 Å². The molecule has 1 amide bonds. The molecule has 1 saturated heterocycles. The van der Waals surface area contributed by atoms with Crippen LogP contribution in [0.2, 0.25) is 0 Å². The number of nitrogens with one attached hydrogen (secondary N) is 1. The fourth-order valence-electron chi connectivity index (χ4n) is 2.67. The summed E-state index contributed by atoms with van der Waals surface area (Å²) in [6.07, 6.45) is 0. The molecule has 1 heterocycles. The zero-order valence-electron chi connectivity index (χ0n) is 13.8. The zero-order chi connectivity index (χ0) is 16.8. The molecule has 2 aromatic rings. The van der Waals surface area contributed by atoms with Crippen molar-refractivity contribution < 1.29 is 14.3 Å². The van der Waals surface area contributed by atoms with Crippen molar-refractivity contribution in [2.75, 3.05) is 38.3 Å². The first-order valence-electron chi connectivity index (χ1n) is 8.10. The number of benzene rings is 2. The third-order valence-corrected chi connectivity index (χ3v) is 4.12. The highest BCUT2D eigenvalue weighted by Gasteiger charge is 2.12. The number of amides is 1. The van der Waals surface area contributed by atoms with E-state index in [1.165, 1.54) is 0 Å². The SMILES string of the molecule is COc1ccc(CNC(=O)c2ccc(N3CCOCC3)cc2)cc1. The van der Waals surface area contributed by atoms with Crippen LogP contribution in [-0.4, -0.2) is 39.3 Å². The largest absolute Gasteiger partial charge is 0.497 e. The molecule has 0 aliphatic carbocycles. The maximum absolute atomic E-state index is 12.3. The van der Waals surface area contributed by atoms with E-state index in [2.05, 4.69) is 10.2 Å². The van der Waals surface area contributed by atoms with E-state index in [9.17, 15) is 4.79 Å². The minimum Gasteiger partial charge on any atom is -0.497 e. The number of anilines is 1. The molecule has 24 heavy (non-hydrogen) atoms. The standard InChI is InChI=1S/C19H22N2O3/c1-23-18-8-2-15(3-9-18)14-20-19(22)16-4-6-17(7-5-16)21-10-12-24-13-11-21/h2-9H,10-14H2,1H3,(H,20,22). The van der Waals surface area contributed by atoms with E-state index in [0.717, 1.165) is 43.3 Å². The van der Waals surface area contributed by atoms with Crippen LogP contribution in [0.25, 0.3) is 0 Å². The highest BCUT2D eigenvalue weighted by atomic mass is 16.5. The van der Waals surface area contributed by atoms with Crippen molar-refractivity contribution in [2.24, 2.45) is 0 Å². The van der Waals surface area contributed by atoms with E-state index in [0.29, 0.717) is 12.1 Å². The molecule has 1 aliphatic heterocycles. The lowest BCUT2D eigenvalue weighted by atomic mass is 10.1. The molecule has 2 aromatic carbocycles. The second-order valence-electron chi connectivity index (χ2n) is 5.68. The Balaban J connectivity index is 1.56. The average Bonchev–Trinajstić information content (AvgIpc) is 2.67. The van der Waals surface area contributed by atoms with E-state index < -0.39 is 0 Å². The number of hydrogen-bond acceptors (Lipinski definition) is 4. The summed E-state index contributed by atoms with van der Waals surface area (Å²) in [5.41, 5.74) is 2.83. The number of rotatable bonds is 5. The summed E-state index contributed by atoms with van der Waals surface area (Å²) in [4.78, 5) is 14.5. The van der Waals surface area contributed by atoms with Gasteiger partial charge in [0.15, 0.2) is 0 Å². The van der Waals surface area contributed by atoms with Gasteiger partial charge in [-0.3, -0.25) is 4.79 Å². The monoisotopic (exact) mass is 326 g/mol. The van der Waals surface area contributed by atoms with Crippen LogP contribution in [-0.2, 0) is 11.3 Å². The molecule has 3 rings (SSSR count). The fraction of sp³-hybridized carbons (Fsp3) is 0.316. The normalized spacial score (nSPS) is 14.3. The number of hydrogen-bond donors (Lipinski definition) is 1. The van der Waals surface area contributed by atoms with Crippen molar-refractivity contribution in [1.29, 1.82) is 0 Å². The first-order valence-corrected chi connectivity index (χ1v) is 8.10. The Kier molecular flexibility index (Phi) is 5.33. The van der Waals surface area contributed by atoms with Gasteiger partial charge in [0.1, 0.15) is 5.75 Å². The number of carbonyl (C=O) groups excluding carboxylic acids is 1. The molecule has 1 fully saturated rings. The van der Waals surface area contributed by atoms with Crippen LogP contribution >= 0.6 is 0 Å². The Labute approximate surface area is 142 Å². The van der Waals surface area contributed by atoms with Gasteiger partial charge in [0.05, 0.1) is 20.3 Å². The lowest BCUT2D eigenvalue weighted by Gasteiger charge is -2.28. The van der Waals surface area contributed by atoms with Crippen molar-refractivity contribution in [3.05, 3.63) is 59.7 Å². The van der Waals surface area contributed by atoms with Gasteiger partial charge >= 0.3 is 0 Å². The van der Waals surface area contributed by atoms with Crippen LogP contribution in [0.1, 0.15) is 15.9 Å². The maximum atomic E-state index is 12.3. The lowest BCUT2D eigenvalue weighted by Crippen LogP contribution is -2.36. The van der Waals surface area contributed by atoms with Gasteiger partial charge in [0.25, 0.3) is 5.91 Å². The van der Waals surface area contributed by atoms with E-state index in [1.807, 2.05) is 48.5 Å². The average molecular weight is 326 g/mol. The highest BCUT2D eigenvalue weighted by molar-refractivity contribution is 5.94. The van der Waals surface area contributed by atoms with E-state index in [-0.39, 0.29) is 5.91 Å². The Morgan fingerprint density at radius 3 is 2.38 bits per heavy atom. The summed E-state index contributed by atoms with van der Waals surface area (Å²) >= 11 is 0. The molecule has 0 saturated carbocycles. The molecular formula is C19H22N2O3. The van der Waals surface area contributed by atoms with E-state index in [4.69, 9.17) is 9.47 Å². The van der Waals surface area contributed by atoms with Gasteiger partial charge in [-0.25, -0.2) is 0 Å². The molecule has 126 valence electrons.